The number of carbonyl (C=O) groups is 1. The standard InChI is InChI=1S/C12H14N2O2S/c1-8-4-5-14-12(10(8)7-13)17-9(2)6-11(15)16-3/h4-5,9H,6H2,1-3H3. The lowest BCUT2D eigenvalue weighted by Gasteiger charge is -2.10. The summed E-state index contributed by atoms with van der Waals surface area (Å²) in [5.74, 6) is -0.254. The first kappa shape index (κ1) is 13.5. The maximum Gasteiger partial charge on any atom is 0.306 e. The molecular formula is C12H14N2O2S. The second-order valence-corrected chi connectivity index (χ2v) is 5.06. The Balaban J connectivity index is 2.79. The third-order valence-electron chi connectivity index (χ3n) is 2.23. The molecule has 0 aliphatic carbocycles. The molecule has 1 unspecified atom stereocenters. The van der Waals surface area contributed by atoms with Gasteiger partial charge in [0.2, 0.25) is 0 Å². The lowest BCUT2D eigenvalue weighted by atomic mass is 10.2. The van der Waals surface area contributed by atoms with Gasteiger partial charge in [-0.2, -0.15) is 5.26 Å². The number of hydrogen-bond acceptors (Lipinski definition) is 5. The number of methoxy groups -OCH3 is 1. The molecule has 0 saturated heterocycles. The summed E-state index contributed by atoms with van der Waals surface area (Å²) in [5, 5.41) is 9.75. The highest BCUT2D eigenvalue weighted by Crippen LogP contribution is 2.27. The predicted octanol–water partition coefficient (Wildman–Crippen LogP) is 2.31. The molecule has 0 fully saturated rings. The molecule has 0 bridgehead atoms. The Hall–Kier alpha value is -1.54. The average Bonchev–Trinajstić information content (AvgIpc) is 2.29. The van der Waals surface area contributed by atoms with Crippen molar-refractivity contribution in [1.29, 1.82) is 5.26 Å². The number of thioether (sulfide) groups is 1. The Morgan fingerprint density at radius 3 is 3.00 bits per heavy atom. The largest absolute Gasteiger partial charge is 0.469 e. The van der Waals surface area contributed by atoms with E-state index in [9.17, 15) is 4.79 Å². The van der Waals surface area contributed by atoms with E-state index in [0.717, 1.165) is 5.56 Å². The summed E-state index contributed by atoms with van der Waals surface area (Å²) in [6.45, 7) is 3.78. The highest BCUT2D eigenvalue weighted by molar-refractivity contribution is 7.99. The van der Waals surface area contributed by atoms with Gasteiger partial charge in [0.15, 0.2) is 0 Å². The number of nitrogens with zero attached hydrogens (tertiary/aromatic N) is 2. The van der Waals surface area contributed by atoms with Gasteiger partial charge in [-0.3, -0.25) is 4.79 Å². The summed E-state index contributed by atoms with van der Waals surface area (Å²) in [6, 6.07) is 3.94. The molecule has 0 amide bonds. The van der Waals surface area contributed by atoms with Crippen LogP contribution in [0.25, 0.3) is 0 Å². The molecule has 0 aliphatic heterocycles. The second kappa shape index (κ2) is 6.26. The molecule has 0 N–H and O–H groups in total. The molecule has 0 spiro atoms. The molecular weight excluding hydrogens is 236 g/mol. The number of carbonyl (C=O) groups excluding carboxylic acids is 1. The second-order valence-electron chi connectivity index (χ2n) is 3.63. The zero-order chi connectivity index (χ0) is 12.8. The maximum absolute atomic E-state index is 11.1. The fourth-order valence-electron chi connectivity index (χ4n) is 1.31. The van der Waals surface area contributed by atoms with Gasteiger partial charge >= 0.3 is 5.97 Å². The Morgan fingerprint density at radius 1 is 1.71 bits per heavy atom. The van der Waals surface area contributed by atoms with Crippen molar-refractivity contribution in [1.82, 2.24) is 4.98 Å². The van der Waals surface area contributed by atoms with E-state index in [1.54, 1.807) is 12.3 Å². The summed E-state index contributed by atoms with van der Waals surface area (Å²) in [4.78, 5) is 15.3. The monoisotopic (exact) mass is 250 g/mol. The van der Waals surface area contributed by atoms with Gasteiger partial charge in [-0.25, -0.2) is 4.98 Å². The first-order valence-electron chi connectivity index (χ1n) is 5.17. The molecule has 1 heterocycles. The summed E-state index contributed by atoms with van der Waals surface area (Å²) < 4.78 is 4.60. The van der Waals surface area contributed by atoms with Crippen LogP contribution < -0.4 is 0 Å². The summed E-state index contributed by atoms with van der Waals surface area (Å²) in [7, 11) is 1.37. The Morgan fingerprint density at radius 2 is 2.41 bits per heavy atom. The molecule has 0 saturated carbocycles. The molecule has 1 rings (SSSR count). The van der Waals surface area contributed by atoms with Crippen LogP contribution in [0.1, 0.15) is 24.5 Å². The molecule has 0 radical (unpaired) electrons. The highest BCUT2D eigenvalue weighted by atomic mass is 32.2. The van der Waals surface area contributed by atoms with Crippen LogP contribution in [0.3, 0.4) is 0 Å². The number of pyridine rings is 1. The van der Waals surface area contributed by atoms with Crippen molar-refractivity contribution >= 4 is 17.7 Å². The number of aromatic nitrogens is 1. The smallest absolute Gasteiger partial charge is 0.306 e. The number of aryl methyl sites for hydroxylation is 1. The molecule has 1 aromatic heterocycles. The number of hydrogen-bond donors (Lipinski definition) is 0. The van der Waals surface area contributed by atoms with Crippen LogP contribution >= 0.6 is 11.8 Å². The van der Waals surface area contributed by atoms with E-state index in [-0.39, 0.29) is 11.2 Å². The molecule has 17 heavy (non-hydrogen) atoms. The minimum Gasteiger partial charge on any atom is -0.469 e. The van der Waals surface area contributed by atoms with E-state index in [4.69, 9.17) is 5.26 Å². The van der Waals surface area contributed by atoms with Gasteiger partial charge in [0.25, 0.3) is 0 Å². The third kappa shape index (κ3) is 3.75. The van der Waals surface area contributed by atoms with Crippen LogP contribution in [0.4, 0.5) is 0 Å². The summed E-state index contributed by atoms with van der Waals surface area (Å²) >= 11 is 1.42. The lowest BCUT2D eigenvalue weighted by Crippen LogP contribution is -2.09. The van der Waals surface area contributed by atoms with Gasteiger partial charge in [0.05, 0.1) is 19.1 Å². The van der Waals surface area contributed by atoms with E-state index in [0.29, 0.717) is 17.0 Å². The first-order chi connectivity index (χ1) is 8.08. The zero-order valence-electron chi connectivity index (χ0n) is 10.1. The normalized spacial score (nSPS) is 11.6. The van der Waals surface area contributed by atoms with Crippen LogP contribution in [0.5, 0.6) is 0 Å². The van der Waals surface area contributed by atoms with Crippen LogP contribution in [-0.4, -0.2) is 23.3 Å². The summed E-state index contributed by atoms with van der Waals surface area (Å²) in [6.07, 6.45) is 1.98. The quantitative estimate of drug-likeness (QED) is 0.606. The zero-order valence-corrected chi connectivity index (χ0v) is 10.9. The van der Waals surface area contributed by atoms with E-state index in [1.165, 1.54) is 18.9 Å². The van der Waals surface area contributed by atoms with Crippen LogP contribution in [0, 0.1) is 18.3 Å². The van der Waals surface area contributed by atoms with Gasteiger partial charge in [-0.15, -0.1) is 11.8 Å². The van der Waals surface area contributed by atoms with Crippen LogP contribution in [0.2, 0.25) is 0 Å². The number of rotatable bonds is 4. The van der Waals surface area contributed by atoms with Crippen molar-refractivity contribution in [3.05, 3.63) is 23.4 Å². The van der Waals surface area contributed by atoms with Crippen molar-refractivity contribution in [3.63, 3.8) is 0 Å². The fourth-order valence-corrected chi connectivity index (χ4v) is 2.36. The molecule has 0 aliphatic rings. The van der Waals surface area contributed by atoms with Gasteiger partial charge < -0.3 is 4.74 Å². The van der Waals surface area contributed by atoms with E-state index in [2.05, 4.69) is 15.8 Å². The average molecular weight is 250 g/mol. The number of ether oxygens (including phenoxy) is 1. The molecule has 0 aromatic carbocycles. The topological polar surface area (TPSA) is 63.0 Å². The van der Waals surface area contributed by atoms with E-state index in [1.807, 2.05) is 13.8 Å². The Labute approximate surface area is 105 Å². The van der Waals surface area contributed by atoms with Crippen LogP contribution in [-0.2, 0) is 9.53 Å². The van der Waals surface area contributed by atoms with Gasteiger partial charge in [0.1, 0.15) is 11.1 Å². The summed E-state index contributed by atoms with van der Waals surface area (Å²) in [5.41, 5.74) is 1.48. The van der Waals surface area contributed by atoms with Crippen LogP contribution in [0.15, 0.2) is 17.3 Å². The first-order valence-corrected chi connectivity index (χ1v) is 6.05. The third-order valence-corrected chi connectivity index (χ3v) is 3.33. The Bertz CT molecular complexity index is 454. The molecule has 5 heteroatoms. The van der Waals surface area contributed by atoms with Gasteiger partial charge in [0, 0.05) is 11.4 Å². The van der Waals surface area contributed by atoms with E-state index < -0.39 is 0 Å². The van der Waals surface area contributed by atoms with Gasteiger partial charge in [-0.1, -0.05) is 6.92 Å². The maximum atomic E-state index is 11.1. The van der Waals surface area contributed by atoms with Gasteiger partial charge in [-0.05, 0) is 18.6 Å². The lowest BCUT2D eigenvalue weighted by molar-refractivity contribution is -0.140. The highest BCUT2D eigenvalue weighted by Gasteiger charge is 2.14. The minimum atomic E-state index is -0.254. The molecule has 1 atom stereocenters. The SMILES string of the molecule is COC(=O)CC(C)Sc1nccc(C)c1C#N. The van der Waals surface area contributed by atoms with Crippen molar-refractivity contribution in [3.8, 4) is 6.07 Å². The van der Waals surface area contributed by atoms with Crippen molar-refractivity contribution in [2.24, 2.45) is 0 Å². The molecule has 4 nitrogen and oxygen atoms in total. The Kier molecular flexibility index (Phi) is 4.98. The number of esters is 1. The number of nitriles is 1. The minimum absolute atomic E-state index is 0.0313. The van der Waals surface area contributed by atoms with E-state index >= 15 is 0 Å². The van der Waals surface area contributed by atoms with Crippen molar-refractivity contribution in [2.45, 2.75) is 30.5 Å². The molecule has 90 valence electrons. The molecule has 1 aromatic rings. The van der Waals surface area contributed by atoms with Crippen molar-refractivity contribution in [2.75, 3.05) is 7.11 Å². The fraction of sp³-hybridized carbons (Fsp3) is 0.417. The van der Waals surface area contributed by atoms with Crippen molar-refractivity contribution < 1.29 is 9.53 Å². The predicted molar refractivity (Wildman–Crippen MR) is 65.6 cm³/mol.